The van der Waals surface area contributed by atoms with Gasteiger partial charge in [-0.3, -0.25) is 9.59 Å². The van der Waals surface area contributed by atoms with Crippen LogP contribution in [0.4, 0.5) is 13.2 Å². The van der Waals surface area contributed by atoms with Gasteiger partial charge in [0.25, 0.3) is 0 Å². The first kappa shape index (κ1) is 17.4. The zero-order valence-corrected chi connectivity index (χ0v) is 13.3. The predicted molar refractivity (Wildman–Crippen MR) is 79.9 cm³/mol. The molecule has 1 aliphatic carbocycles. The van der Waals surface area contributed by atoms with E-state index in [1.807, 2.05) is 0 Å². The van der Waals surface area contributed by atoms with Crippen molar-refractivity contribution in [2.75, 3.05) is 7.11 Å². The molecule has 9 heteroatoms. The zero-order chi connectivity index (χ0) is 18.4. The third kappa shape index (κ3) is 2.98. The summed E-state index contributed by atoms with van der Waals surface area (Å²) in [6.07, 6.45) is -4.82. The fraction of sp³-hybridized carbons (Fsp3) is 0.500. The number of carbonyl (C=O) groups excluding carboxylic acids is 2. The monoisotopic (exact) mass is 358 g/mol. The van der Waals surface area contributed by atoms with Crippen molar-refractivity contribution in [3.05, 3.63) is 23.8 Å². The Balaban J connectivity index is 1.73. The number of benzene rings is 1. The van der Waals surface area contributed by atoms with E-state index in [9.17, 15) is 27.9 Å². The van der Waals surface area contributed by atoms with E-state index in [1.165, 1.54) is 19.2 Å². The van der Waals surface area contributed by atoms with Gasteiger partial charge >= 0.3 is 6.18 Å². The highest BCUT2D eigenvalue weighted by molar-refractivity contribution is 5.98. The fourth-order valence-electron chi connectivity index (χ4n) is 3.12. The summed E-state index contributed by atoms with van der Waals surface area (Å²) >= 11 is 0. The van der Waals surface area contributed by atoms with Crippen molar-refractivity contribution >= 4 is 11.8 Å². The van der Waals surface area contributed by atoms with Crippen LogP contribution in [0, 0.1) is 5.41 Å². The first-order chi connectivity index (χ1) is 11.7. The summed E-state index contributed by atoms with van der Waals surface area (Å²) in [5.41, 5.74) is -1.56. The number of halogens is 3. The van der Waals surface area contributed by atoms with E-state index in [2.05, 4.69) is 10.6 Å². The van der Waals surface area contributed by atoms with Crippen molar-refractivity contribution < 1.29 is 32.6 Å². The number of aromatic hydroxyl groups is 1. The highest BCUT2D eigenvalue weighted by Gasteiger charge is 2.70. The van der Waals surface area contributed by atoms with Gasteiger partial charge in [-0.2, -0.15) is 13.2 Å². The molecule has 2 amide bonds. The molecule has 1 aliphatic heterocycles. The van der Waals surface area contributed by atoms with Crippen molar-refractivity contribution in [1.29, 1.82) is 0 Å². The molecule has 1 aromatic rings. The average Bonchev–Trinajstić information content (AvgIpc) is 3.33. The standard InChI is InChI=1S/C16H17F3N2O4/c1-25-11-7-8(2-3-10(11)22)6-9-13(23)21-12(14(24)20-9)15(4-5-15)16(17,18)19/h2-3,7,9,12,22H,4-6H2,1H3,(H,20,24)(H,21,23). The number of rotatable bonds is 4. The SMILES string of the molecule is COc1cc(CC2NC(=O)C(C3(C(F)(F)F)CC3)NC2=O)ccc1O. The van der Waals surface area contributed by atoms with Crippen LogP contribution in [-0.2, 0) is 16.0 Å². The van der Waals surface area contributed by atoms with Gasteiger partial charge in [-0.25, -0.2) is 0 Å². The third-order valence-electron chi connectivity index (χ3n) is 4.77. The molecule has 136 valence electrons. The lowest BCUT2D eigenvalue weighted by Crippen LogP contribution is -2.66. The van der Waals surface area contributed by atoms with Gasteiger partial charge in [0.2, 0.25) is 11.8 Å². The minimum absolute atomic E-state index is 0.0694. The number of methoxy groups -OCH3 is 1. The van der Waals surface area contributed by atoms with Gasteiger partial charge in [-0.05, 0) is 30.5 Å². The molecule has 0 aromatic heterocycles. The number of alkyl halides is 3. The molecule has 2 unspecified atom stereocenters. The summed E-state index contributed by atoms with van der Waals surface area (Å²) in [7, 11) is 1.37. The minimum atomic E-state index is -4.54. The summed E-state index contributed by atoms with van der Waals surface area (Å²) in [4.78, 5) is 24.4. The lowest BCUT2D eigenvalue weighted by molar-refractivity contribution is -0.199. The number of hydrogen-bond donors (Lipinski definition) is 3. The summed E-state index contributed by atoms with van der Waals surface area (Å²) in [5.74, 6) is -1.37. The Kier molecular flexibility index (Phi) is 4.04. The number of ether oxygens (including phenoxy) is 1. The maximum absolute atomic E-state index is 13.2. The topological polar surface area (TPSA) is 87.7 Å². The summed E-state index contributed by atoms with van der Waals surface area (Å²) in [6.45, 7) is 0. The number of hydrogen-bond acceptors (Lipinski definition) is 4. The van der Waals surface area contributed by atoms with E-state index in [0.717, 1.165) is 0 Å². The summed E-state index contributed by atoms with van der Waals surface area (Å²) < 4.78 is 44.5. The lowest BCUT2D eigenvalue weighted by atomic mass is 9.91. The van der Waals surface area contributed by atoms with Crippen molar-refractivity contribution in [2.24, 2.45) is 5.41 Å². The predicted octanol–water partition coefficient (Wildman–Crippen LogP) is 1.27. The van der Waals surface area contributed by atoms with Crippen molar-refractivity contribution in [2.45, 2.75) is 37.5 Å². The Bertz CT molecular complexity index is 716. The van der Waals surface area contributed by atoms with Gasteiger partial charge in [0.05, 0.1) is 12.5 Å². The average molecular weight is 358 g/mol. The van der Waals surface area contributed by atoms with E-state index in [1.54, 1.807) is 6.07 Å². The van der Waals surface area contributed by atoms with Crippen LogP contribution in [0.5, 0.6) is 11.5 Å². The maximum Gasteiger partial charge on any atom is 0.396 e. The molecule has 1 aromatic carbocycles. The molecule has 0 radical (unpaired) electrons. The fourth-order valence-corrected chi connectivity index (χ4v) is 3.12. The molecule has 1 heterocycles. The number of carbonyl (C=O) groups is 2. The second kappa shape index (κ2) is 5.82. The highest BCUT2D eigenvalue weighted by Crippen LogP contribution is 2.60. The number of phenols is 1. The third-order valence-corrected chi connectivity index (χ3v) is 4.77. The van der Waals surface area contributed by atoms with E-state index in [-0.39, 0.29) is 30.8 Å². The molecule has 1 saturated carbocycles. The van der Waals surface area contributed by atoms with Gasteiger partial charge in [-0.1, -0.05) is 6.07 Å². The molecule has 2 atom stereocenters. The molecule has 2 aliphatic rings. The van der Waals surface area contributed by atoms with E-state index in [4.69, 9.17) is 4.74 Å². The number of phenolic OH excluding ortho intramolecular Hbond substituents is 1. The number of nitrogens with one attached hydrogen (secondary N) is 2. The number of piperazine rings is 1. The van der Waals surface area contributed by atoms with E-state index < -0.39 is 35.5 Å². The van der Waals surface area contributed by atoms with Crippen molar-refractivity contribution in [3.63, 3.8) is 0 Å². The van der Waals surface area contributed by atoms with Crippen LogP contribution in [0.3, 0.4) is 0 Å². The largest absolute Gasteiger partial charge is 0.504 e. The van der Waals surface area contributed by atoms with E-state index in [0.29, 0.717) is 5.56 Å². The summed E-state index contributed by atoms with van der Waals surface area (Å²) in [6, 6.07) is 1.84. The Hall–Kier alpha value is -2.45. The van der Waals surface area contributed by atoms with Gasteiger partial charge in [0.1, 0.15) is 12.1 Å². The van der Waals surface area contributed by atoms with Gasteiger partial charge < -0.3 is 20.5 Å². The van der Waals surface area contributed by atoms with Gasteiger partial charge in [-0.15, -0.1) is 0 Å². The van der Waals surface area contributed by atoms with Crippen LogP contribution >= 0.6 is 0 Å². The van der Waals surface area contributed by atoms with Crippen LogP contribution in [0.15, 0.2) is 18.2 Å². The molecular weight excluding hydrogens is 341 g/mol. The highest BCUT2D eigenvalue weighted by atomic mass is 19.4. The quantitative estimate of drug-likeness (QED) is 0.756. The van der Waals surface area contributed by atoms with Crippen LogP contribution in [0.2, 0.25) is 0 Å². The van der Waals surface area contributed by atoms with Gasteiger partial charge in [0, 0.05) is 6.42 Å². The van der Waals surface area contributed by atoms with Crippen LogP contribution in [0.1, 0.15) is 18.4 Å². The molecule has 3 N–H and O–H groups in total. The molecule has 0 bridgehead atoms. The molecular formula is C16H17F3N2O4. The van der Waals surface area contributed by atoms with E-state index >= 15 is 0 Å². The molecule has 3 rings (SSSR count). The van der Waals surface area contributed by atoms with Crippen LogP contribution < -0.4 is 15.4 Å². The lowest BCUT2D eigenvalue weighted by Gasteiger charge is -2.35. The Morgan fingerprint density at radius 3 is 2.48 bits per heavy atom. The molecule has 25 heavy (non-hydrogen) atoms. The van der Waals surface area contributed by atoms with Gasteiger partial charge in [0.15, 0.2) is 11.5 Å². The zero-order valence-electron chi connectivity index (χ0n) is 13.3. The van der Waals surface area contributed by atoms with Crippen molar-refractivity contribution in [3.8, 4) is 11.5 Å². The normalized spacial score (nSPS) is 25.1. The smallest absolute Gasteiger partial charge is 0.396 e. The van der Waals surface area contributed by atoms with Crippen LogP contribution in [0.25, 0.3) is 0 Å². The number of amides is 2. The second-order valence-corrected chi connectivity index (χ2v) is 6.37. The molecule has 6 nitrogen and oxygen atoms in total. The molecule has 1 saturated heterocycles. The minimum Gasteiger partial charge on any atom is -0.504 e. The maximum atomic E-state index is 13.2. The first-order valence-electron chi connectivity index (χ1n) is 7.71. The summed E-state index contributed by atoms with van der Waals surface area (Å²) in [5, 5.41) is 14.2. The Labute approximate surface area is 141 Å². The Morgan fingerprint density at radius 2 is 1.92 bits per heavy atom. The second-order valence-electron chi connectivity index (χ2n) is 6.37. The molecule has 0 spiro atoms. The van der Waals surface area contributed by atoms with Crippen molar-refractivity contribution in [1.82, 2.24) is 10.6 Å². The molecule has 2 fully saturated rings. The Morgan fingerprint density at radius 1 is 1.24 bits per heavy atom. The first-order valence-corrected chi connectivity index (χ1v) is 7.71. The van der Waals surface area contributed by atoms with Crippen LogP contribution in [-0.4, -0.2) is 42.3 Å².